The first kappa shape index (κ1) is 16.3. The molecule has 1 aliphatic heterocycles. The predicted molar refractivity (Wildman–Crippen MR) is 80.4 cm³/mol. The standard InChI is InChI=1S/C16H28N2O3/c1-4-12-8-13(14(9-12)16(20)21)15(19)17-18-10(2)6-5-7-11(18)3/h10-14H,4-9H2,1-3H3,(H,17,19)(H,20,21)/t10?,11?,12?,13-,14+/m0/s1. The topological polar surface area (TPSA) is 69.6 Å². The molecule has 21 heavy (non-hydrogen) atoms. The van der Waals surface area contributed by atoms with Gasteiger partial charge in [-0.3, -0.25) is 15.0 Å². The Bertz CT molecular complexity index is 389. The maximum atomic E-state index is 12.6. The van der Waals surface area contributed by atoms with E-state index in [1.807, 2.05) is 5.01 Å². The monoisotopic (exact) mass is 296 g/mol. The summed E-state index contributed by atoms with van der Waals surface area (Å²) in [7, 11) is 0. The van der Waals surface area contributed by atoms with Crippen LogP contribution in [-0.4, -0.2) is 34.1 Å². The number of carbonyl (C=O) groups excluding carboxylic acids is 1. The van der Waals surface area contributed by atoms with Gasteiger partial charge in [-0.1, -0.05) is 19.8 Å². The Morgan fingerprint density at radius 3 is 2.24 bits per heavy atom. The van der Waals surface area contributed by atoms with Crippen molar-refractivity contribution in [3.05, 3.63) is 0 Å². The van der Waals surface area contributed by atoms with Crippen molar-refractivity contribution in [2.75, 3.05) is 0 Å². The van der Waals surface area contributed by atoms with E-state index in [0.29, 0.717) is 30.8 Å². The van der Waals surface area contributed by atoms with Crippen LogP contribution in [0.5, 0.6) is 0 Å². The second kappa shape index (κ2) is 6.77. The van der Waals surface area contributed by atoms with Crippen LogP contribution in [0.3, 0.4) is 0 Å². The molecule has 1 amide bonds. The van der Waals surface area contributed by atoms with Crippen LogP contribution in [0.4, 0.5) is 0 Å². The Morgan fingerprint density at radius 1 is 1.14 bits per heavy atom. The number of rotatable bonds is 4. The van der Waals surface area contributed by atoms with Crippen LogP contribution in [-0.2, 0) is 9.59 Å². The van der Waals surface area contributed by atoms with Crippen molar-refractivity contribution >= 4 is 11.9 Å². The summed E-state index contributed by atoms with van der Waals surface area (Å²) in [4.78, 5) is 24.0. The fraction of sp³-hybridized carbons (Fsp3) is 0.875. The second-order valence-corrected chi connectivity index (χ2v) is 6.81. The third kappa shape index (κ3) is 3.57. The minimum atomic E-state index is -0.828. The molecule has 0 aromatic carbocycles. The number of carbonyl (C=O) groups is 2. The number of hydrogen-bond acceptors (Lipinski definition) is 3. The first-order chi connectivity index (χ1) is 9.93. The number of aliphatic carboxylic acids is 1. The molecule has 2 rings (SSSR count). The minimum absolute atomic E-state index is 0.0982. The van der Waals surface area contributed by atoms with Crippen LogP contribution in [0.2, 0.25) is 0 Å². The van der Waals surface area contributed by atoms with Gasteiger partial charge in [0.1, 0.15) is 0 Å². The van der Waals surface area contributed by atoms with Crippen LogP contribution in [0.1, 0.15) is 59.3 Å². The van der Waals surface area contributed by atoms with Gasteiger partial charge in [-0.2, -0.15) is 0 Å². The zero-order valence-electron chi connectivity index (χ0n) is 13.3. The number of nitrogens with zero attached hydrogens (tertiary/aromatic N) is 1. The summed E-state index contributed by atoms with van der Waals surface area (Å²) >= 11 is 0. The molecule has 1 heterocycles. The van der Waals surface area contributed by atoms with E-state index in [0.717, 1.165) is 19.3 Å². The molecule has 5 nitrogen and oxygen atoms in total. The number of hydrazine groups is 1. The summed E-state index contributed by atoms with van der Waals surface area (Å²) in [5.41, 5.74) is 3.02. The lowest BCUT2D eigenvalue weighted by Crippen LogP contribution is -2.55. The van der Waals surface area contributed by atoms with Crippen LogP contribution in [0, 0.1) is 17.8 Å². The summed E-state index contributed by atoms with van der Waals surface area (Å²) in [6, 6.07) is 0.647. The van der Waals surface area contributed by atoms with Crippen molar-refractivity contribution in [3.8, 4) is 0 Å². The highest BCUT2D eigenvalue weighted by atomic mass is 16.4. The van der Waals surface area contributed by atoms with E-state index < -0.39 is 11.9 Å². The molecule has 5 atom stereocenters. The lowest BCUT2D eigenvalue weighted by molar-refractivity contribution is -0.148. The number of nitrogens with one attached hydrogen (secondary N) is 1. The molecule has 2 N–H and O–H groups in total. The molecule has 0 aromatic rings. The van der Waals surface area contributed by atoms with Crippen LogP contribution < -0.4 is 5.43 Å². The van der Waals surface area contributed by atoms with Gasteiger partial charge >= 0.3 is 5.97 Å². The van der Waals surface area contributed by atoms with Crippen LogP contribution >= 0.6 is 0 Å². The van der Waals surface area contributed by atoms with E-state index in [1.54, 1.807) is 0 Å². The molecule has 2 aliphatic rings. The SMILES string of the molecule is CCC1C[C@H](C(=O)NN2C(C)CCCC2C)[C@H](C(=O)O)C1. The highest BCUT2D eigenvalue weighted by Gasteiger charge is 2.43. The number of carboxylic acids is 1. The normalized spacial score (nSPS) is 37.4. The molecular formula is C16H28N2O3. The zero-order chi connectivity index (χ0) is 15.6. The summed E-state index contributed by atoms with van der Waals surface area (Å²) in [6.45, 7) is 6.31. The van der Waals surface area contributed by atoms with Crippen molar-refractivity contribution in [3.63, 3.8) is 0 Å². The number of carboxylic acid groups (broad SMARTS) is 1. The largest absolute Gasteiger partial charge is 0.481 e. The van der Waals surface area contributed by atoms with Crippen molar-refractivity contribution in [2.45, 2.75) is 71.4 Å². The van der Waals surface area contributed by atoms with Gasteiger partial charge in [0.2, 0.25) is 5.91 Å². The van der Waals surface area contributed by atoms with Crippen molar-refractivity contribution in [2.24, 2.45) is 17.8 Å². The van der Waals surface area contributed by atoms with E-state index in [-0.39, 0.29) is 11.8 Å². The fourth-order valence-corrected chi connectivity index (χ4v) is 3.89. The minimum Gasteiger partial charge on any atom is -0.481 e. The summed E-state index contributed by atoms with van der Waals surface area (Å²) in [6.07, 6.45) is 5.63. The van der Waals surface area contributed by atoms with Crippen LogP contribution in [0.15, 0.2) is 0 Å². The van der Waals surface area contributed by atoms with Gasteiger partial charge in [0.15, 0.2) is 0 Å². The Hall–Kier alpha value is -1.10. The molecule has 0 bridgehead atoms. The first-order valence-electron chi connectivity index (χ1n) is 8.25. The third-order valence-corrected chi connectivity index (χ3v) is 5.32. The summed E-state index contributed by atoms with van der Waals surface area (Å²) in [5, 5.41) is 11.4. The van der Waals surface area contributed by atoms with E-state index in [2.05, 4.69) is 26.2 Å². The van der Waals surface area contributed by atoms with Crippen molar-refractivity contribution in [1.82, 2.24) is 10.4 Å². The second-order valence-electron chi connectivity index (χ2n) is 6.81. The van der Waals surface area contributed by atoms with E-state index >= 15 is 0 Å². The van der Waals surface area contributed by atoms with Gasteiger partial charge in [-0.25, -0.2) is 5.01 Å². The number of hydrogen-bond donors (Lipinski definition) is 2. The fourth-order valence-electron chi connectivity index (χ4n) is 3.89. The molecule has 0 spiro atoms. The van der Waals surface area contributed by atoms with Crippen LogP contribution in [0.25, 0.3) is 0 Å². The smallest absolute Gasteiger partial charge is 0.307 e. The lowest BCUT2D eigenvalue weighted by atomic mass is 9.95. The molecule has 1 saturated carbocycles. The van der Waals surface area contributed by atoms with Gasteiger partial charge < -0.3 is 5.11 Å². The predicted octanol–water partition coefficient (Wildman–Crippen LogP) is 2.42. The quantitative estimate of drug-likeness (QED) is 0.836. The molecular weight excluding hydrogens is 268 g/mol. The van der Waals surface area contributed by atoms with Gasteiger partial charge in [0, 0.05) is 12.1 Å². The molecule has 5 heteroatoms. The van der Waals surface area contributed by atoms with E-state index in [4.69, 9.17) is 0 Å². The average Bonchev–Trinajstić information content (AvgIpc) is 2.87. The molecule has 1 aliphatic carbocycles. The molecule has 0 aromatic heterocycles. The molecule has 2 fully saturated rings. The van der Waals surface area contributed by atoms with E-state index in [9.17, 15) is 14.7 Å². The van der Waals surface area contributed by atoms with Crippen molar-refractivity contribution in [1.29, 1.82) is 0 Å². The lowest BCUT2D eigenvalue weighted by Gasteiger charge is -2.39. The molecule has 120 valence electrons. The third-order valence-electron chi connectivity index (χ3n) is 5.32. The Kier molecular flexibility index (Phi) is 5.25. The highest BCUT2D eigenvalue weighted by Crippen LogP contribution is 2.38. The number of amides is 1. The maximum Gasteiger partial charge on any atom is 0.307 e. The first-order valence-corrected chi connectivity index (χ1v) is 8.25. The summed E-state index contributed by atoms with van der Waals surface area (Å²) in [5.74, 6) is -1.47. The molecule has 3 unspecified atom stereocenters. The zero-order valence-corrected chi connectivity index (χ0v) is 13.3. The summed E-state index contributed by atoms with van der Waals surface area (Å²) < 4.78 is 0. The average molecular weight is 296 g/mol. The van der Waals surface area contributed by atoms with E-state index in [1.165, 1.54) is 6.42 Å². The maximum absolute atomic E-state index is 12.6. The van der Waals surface area contributed by atoms with Crippen molar-refractivity contribution < 1.29 is 14.7 Å². The molecule has 1 saturated heterocycles. The van der Waals surface area contributed by atoms with Gasteiger partial charge in [-0.05, 0) is 45.4 Å². The highest BCUT2D eigenvalue weighted by molar-refractivity contribution is 5.85. The van der Waals surface area contributed by atoms with Gasteiger partial charge in [0.25, 0.3) is 0 Å². The van der Waals surface area contributed by atoms with Gasteiger partial charge in [-0.15, -0.1) is 0 Å². The Morgan fingerprint density at radius 2 is 1.71 bits per heavy atom. The molecule has 0 radical (unpaired) electrons. The number of piperidine rings is 1. The Labute approximate surface area is 127 Å². The van der Waals surface area contributed by atoms with Gasteiger partial charge in [0.05, 0.1) is 11.8 Å². The Balaban J connectivity index is 2.02.